The van der Waals surface area contributed by atoms with Crippen LogP contribution in [0.25, 0.3) is 0 Å². The van der Waals surface area contributed by atoms with Crippen LogP contribution in [0.15, 0.2) is 30.5 Å². The molecule has 0 saturated carbocycles. The molecule has 1 aromatic heterocycles. The minimum Gasteiger partial charge on any atom is -0.391 e. The van der Waals surface area contributed by atoms with Gasteiger partial charge in [-0.05, 0) is 17.7 Å². The zero-order chi connectivity index (χ0) is 16.7. The Labute approximate surface area is 143 Å². The first-order chi connectivity index (χ1) is 11.1. The number of carbonyl (C=O) groups excluding carboxylic acids is 1. The van der Waals surface area contributed by atoms with Crippen LogP contribution in [0.1, 0.15) is 21.5 Å². The molecule has 2 aromatic rings. The van der Waals surface area contributed by atoms with E-state index in [4.69, 9.17) is 22.4 Å². The molecule has 0 fully saturated rings. The number of nitrogens with one attached hydrogen (secondary N) is 2. The maximum atomic E-state index is 12.0. The standard InChI is InChI=1S/C15H19ClN4O2S/c16-11-3-1-10(2-4-11)6-18-8-14(22)20-13(5-17)15-19-7-12(9-21)23-15/h1-4,7,13,18,21H,5-6,8-9,17H2,(H,20,22)/t13-/m0/s1. The molecule has 0 unspecified atom stereocenters. The summed E-state index contributed by atoms with van der Waals surface area (Å²) in [5.74, 6) is -0.157. The molecule has 0 aliphatic heterocycles. The molecule has 0 aliphatic carbocycles. The third-order valence-electron chi connectivity index (χ3n) is 3.12. The predicted octanol–water partition coefficient (Wildman–Crippen LogP) is 1.19. The van der Waals surface area contributed by atoms with E-state index in [1.54, 1.807) is 6.20 Å². The number of carbonyl (C=O) groups is 1. The largest absolute Gasteiger partial charge is 0.391 e. The first kappa shape index (κ1) is 17.8. The number of thiazole rings is 1. The highest BCUT2D eigenvalue weighted by Crippen LogP contribution is 2.19. The number of aromatic nitrogens is 1. The molecule has 0 bridgehead atoms. The molecular weight excluding hydrogens is 336 g/mol. The summed E-state index contributed by atoms with van der Waals surface area (Å²) >= 11 is 7.16. The fraction of sp³-hybridized carbons (Fsp3) is 0.333. The van der Waals surface area contributed by atoms with E-state index in [0.717, 1.165) is 10.4 Å². The van der Waals surface area contributed by atoms with Gasteiger partial charge in [-0.3, -0.25) is 4.79 Å². The summed E-state index contributed by atoms with van der Waals surface area (Å²) in [6.07, 6.45) is 1.59. The lowest BCUT2D eigenvalue weighted by Gasteiger charge is -2.14. The highest BCUT2D eigenvalue weighted by atomic mass is 35.5. The van der Waals surface area contributed by atoms with Crippen molar-refractivity contribution in [2.75, 3.05) is 13.1 Å². The van der Waals surface area contributed by atoms with Gasteiger partial charge in [-0.15, -0.1) is 11.3 Å². The van der Waals surface area contributed by atoms with Gasteiger partial charge < -0.3 is 21.5 Å². The van der Waals surface area contributed by atoms with Gasteiger partial charge in [-0.2, -0.15) is 0 Å². The third-order valence-corrected chi connectivity index (χ3v) is 4.47. The Hall–Kier alpha value is -1.51. The third kappa shape index (κ3) is 5.56. The van der Waals surface area contributed by atoms with Gasteiger partial charge in [0.25, 0.3) is 0 Å². The molecular formula is C15H19ClN4O2S. The number of nitrogens with two attached hydrogens (primary N) is 1. The molecule has 5 N–H and O–H groups in total. The molecule has 0 spiro atoms. The lowest BCUT2D eigenvalue weighted by atomic mass is 10.2. The molecule has 1 aromatic carbocycles. The van der Waals surface area contributed by atoms with Crippen LogP contribution in [0, 0.1) is 0 Å². The lowest BCUT2D eigenvalue weighted by Crippen LogP contribution is -2.38. The highest BCUT2D eigenvalue weighted by molar-refractivity contribution is 7.11. The Morgan fingerprint density at radius 3 is 2.74 bits per heavy atom. The van der Waals surface area contributed by atoms with E-state index in [-0.39, 0.29) is 31.6 Å². The van der Waals surface area contributed by atoms with Gasteiger partial charge in [-0.25, -0.2) is 4.98 Å². The zero-order valence-electron chi connectivity index (χ0n) is 12.5. The average Bonchev–Trinajstić information content (AvgIpc) is 3.03. The van der Waals surface area contributed by atoms with E-state index in [1.165, 1.54) is 11.3 Å². The first-order valence-electron chi connectivity index (χ1n) is 7.12. The van der Waals surface area contributed by atoms with E-state index >= 15 is 0 Å². The normalized spacial score (nSPS) is 12.1. The number of halogens is 1. The molecule has 1 atom stereocenters. The molecule has 0 saturated heterocycles. The maximum Gasteiger partial charge on any atom is 0.234 e. The van der Waals surface area contributed by atoms with E-state index < -0.39 is 0 Å². The van der Waals surface area contributed by atoms with Crippen molar-refractivity contribution in [2.45, 2.75) is 19.2 Å². The Morgan fingerprint density at radius 1 is 1.39 bits per heavy atom. The monoisotopic (exact) mass is 354 g/mol. The Bertz CT molecular complexity index is 633. The number of nitrogens with zero attached hydrogens (tertiary/aromatic N) is 1. The summed E-state index contributed by atoms with van der Waals surface area (Å²) < 4.78 is 0. The van der Waals surface area contributed by atoms with Crippen molar-refractivity contribution in [2.24, 2.45) is 5.73 Å². The second-order valence-corrected chi connectivity index (χ2v) is 6.49. The number of aliphatic hydroxyl groups excluding tert-OH is 1. The van der Waals surface area contributed by atoms with Gasteiger partial charge in [0.05, 0.1) is 24.1 Å². The molecule has 1 amide bonds. The van der Waals surface area contributed by atoms with Crippen LogP contribution in [-0.4, -0.2) is 29.1 Å². The van der Waals surface area contributed by atoms with Crippen LogP contribution in [-0.2, 0) is 17.9 Å². The van der Waals surface area contributed by atoms with Crippen molar-refractivity contribution in [3.8, 4) is 0 Å². The van der Waals surface area contributed by atoms with Crippen LogP contribution < -0.4 is 16.4 Å². The van der Waals surface area contributed by atoms with E-state index in [0.29, 0.717) is 16.6 Å². The number of hydrogen-bond donors (Lipinski definition) is 4. The number of benzene rings is 1. The number of amides is 1. The summed E-state index contributed by atoms with van der Waals surface area (Å²) in [7, 11) is 0. The quantitative estimate of drug-likeness (QED) is 0.570. The highest BCUT2D eigenvalue weighted by Gasteiger charge is 2.16. The molecule has 6 nitrogen and oxygen atoms in total. The van der Waals surface area contributed by atoms with E-state index in [1.807, 2.05) is 24.3 Å². The summed E-state index contributed by atoms with van der Waals surface area (Å²) in [6, 6.07) is 7.09. The maximum absolute atomic E-state index is 12.0. The average molecular weight is 355 g/mol. The second kappa shape index (κ2) is 8.95. The molecule has 1 heterocycles. The van der Waals surface area contributed by atoms with Crippen molar-refractivity contribution >= 4 is 28.8 Å². The predicted molar refractivity (Wildman–Crippen MR) is 91.1 cm³/mol. The fourth-order valence-electron chi connectivity index (χ4n) is 1.95. The molecule has 23 heavy (non-hydrogen) atoms. The van der Waals surface area contributed by atoms with E-state index in [2.05, 4.69) is 15.6 Å². The van der Waals surface area contributed by atoms with Crippen LogP contribution in [0.3, 0.4) is 0 Å². The first-order valence-corrected chi connectivity index (χ1v) is 8.32. The van der Waals surface area contributed by atoms with Crippen LogP contribution in [0.2, 0.25) is 5.02 Å². The van der Waals surface area contributed by atoms with Crippen molar-refractivity contribution in [3.63, 3.8) is 0 Å². The van der Waals surface area contributed by atoms with Crippen molar-refractivity contribution in [3.05, 3.63) is 50.9 Å². The van der Waals surface area contributed by atoms with Gasteiger partial charge in [0.1, 0.15) is 5.01 Å². The number of rotatable bonds is 8. The second-order valence-electron chi connectivity index (χ2n) is 4.91. The fourth-order valence-corrected chi connectivity index (χ4v) is 2.91. The van der Waals surface area contributed by atoms with Gasteiger partial charge in [0, 0.05) is 24.3 Å². The topological polar surface area (TPSA) is 100 Å². The Balaban J connectivity index is 1.79. The summed E-state index contributed by atoms with van der Waals surface area (Å²) in [5, 5.41) is 16.3. The van der Waals surface area contributed by atoms with Crippen molar-refractivity contribution in [1.29, 1.82) is 0 Å². The Kier molecular flexibility index (Phi) is 6.94. The number of hydrogen-bond acceptors (Lipinski definition) is 6. The summed E-state index contributed by atoms with van der Waals surface area (Å²) in [6.45, 7) is 0.939. The lowest BCUT2D eigenvalue weighted by molar-refractivity contribution is -0.121. The van der Waals surface area contributed by atoms with Crippen molar-refractivity contribution < 1.29 is 9.90 Å². The molecule has 8 heteroatoms. The summed E-state index contributed by atoms with van der Waals surface area (Å²) in [4.78, 5) is 16.9. The smallest absolute Gasteiger partial charge is 0.234 e. The molecule has 124 valence electrons. The molecule has 0 radical (unpaired) electrons. The van der Waals surface area contributed by atoms with Gasteiger partial charge >= 0.3 is 0 Å². The van der Waals surface area contributed by atoms with Crippen LogP contribution >= 0.6 is 22.9 Å². The summed E-state index contributed by atoms with van der Waals surface area (Å²) in [5.41, 5.74) is 6.74. The van der Waals surface area contributed by atoms with Crippen LogP contribution in [0.4, 0.5) is 0 Å². The SMILES string of the molecule is NC[C@H](NC(=O)CNCc1ccc(Cl)cc1)c1ncc(CO)s1. The van der Waals surface area contributed by atoms with Gasteiger partial charge in [-0.1, -0.05) is 23.7 Å². The Morgan fingerprint density at radius 2 is 2.13 bits per heavy atom. The van der Waals surface area contributed by atoms with Gasteiger partial charge in [0.2, 0.25) is 5.91 Å². The van der Waals surface area contributed by atoms with E-state index in [9.17, 15) is 4.79 Å². The van der Waals surface area contributed by atoms with Crippen LogP contribution in [0.5, 0.6) is 0 Å². The molecule has 2 rings (SSSR count). The molecule has 0 aliphatic rings. The zero-order valence-corrected chi connectivity index (χ0v) is 14.0. The minimum atomic E-state index is -0.342. The minimum absolute atomic E-state index is 0.0639. The van der Waals surface area contributed by atoms with Crippen molar-refractivity contribution in [1.82, 2.24) is 15.6 Å². The number of aliphatic hydroxyl groups is 1. The van der Waals surface area contributed by atoms with Gasteiger partial charge in [0.15, 0.2) is 0 Å².